The summed E-state index contributed by atoms with van der Waals surface area (Å²) in [4.78, 5) is 4.07. The van der Waals surface area contributed by atoms with E-state index < -0.39 is 0 Å². The van der Waals surface area contributed by atoms with E-state index >= 15 is 0 Å². The lowest BCUT2D eigenvalue weighted by Crippen LogP contribution is -1.97. The fraction of sp³-hybridized carbons (Fsp3) is 0.250. The van der Waals surface area contributed by atoms with E-state index in [2.05, 4.69) is 10.3 Å². The van der Waals surface area contributed by atoms with Gasteiger partial charge in [0.2, 0.25) is 0 Å². The van der Waals surface area contributed by atoms with Gasteiger partial charge in [-0.25, -0.2) is 0 Å². The van der Waals surface area contributed by atoms with E-state index in [-0.39, 0.29) is 0 Å². The Kier molecular flexibility index (Phi) is 3.92. The second-order valence-corrected chi connectivity index (χ2v) is 3.18. The molecule has 14 heavy (non-hydrogen) atoms. The molecule has 0 heterocycles. The van der Waals surface area contributed by atoms with E-state index in [1.807, 2.05) is 50.3 Å². The summed E-state index contributed by atoms with van der Waals surface area (Å²) in [5, 5.41) is 3.29. The van der Waals surface area contributed by atoms with Crippen LogP contribution in [0.25, 0.3) is 0 Å². The molecule has 0 saturated carbocycles. The van der Waals surface area contributed by atoms with E-state index in [0.29, 0.717) is 0 Å². The third kappa shape index (κ3) is 3.44. The van der Waals surface area contributed by atoms with E-state index in [1.54, 1.807) is 7.05 Å². The van der Waals surface area contributed by atoms with Crippen molar-refractivity contribution in [2.75, 3.05) is 12.4 Å². The molecule has 0 unspecified atom stereocenters. The van der Waals surface area contributed by atoms with Crippen LogP contribution in [0.5, 0.6) is 0 Å². The second kappa shape index (κ2) is 5.22. The molecule has 0 aliphatic carbocycles. The fourth-order valence-electron chi connectivity index (χ4n) is 1.16. The Morgan fingerprint density at radius 1 is 1.21 bits per heavy atom. The molecule has 0 amide bonds. The number of allylic oxidation sites excluding steroid dienone is 2. The summed E-state index contributed by atoms with van der Waals surface area (Å²) < 4.78 is 0. The summed E-state index contributed by atoms with van der Waals surface area (Å²) in [6.45, 7) is 4.01. The van der Waals surface area contributed by atoms with Gasteiger partial charge in [-0.2, -0.15) is 0 Å². The number of hydrogen-bond acceptors (Lipinski definition) is 2. The van der Waals surface area contributed by atoms with Crippen molar-refractivity contribution >= 4 is 11.4 Å². The number of nitrogens with zero attached hydrogens (tertiary/aromatic N) is 1. The standard InChI is InChI=1S/C12H16N2/c1-10(13-3)9-11(2)14-12-7-5-4-6-8-12/h4-9,14H,1-3H3. The molecule has 0 fully saturated rings. The van der Waals surface area contributed by atoms with Gasteiger partial charge in [0.15, 0.2) is 0 Å². The Hall–Kier alpha value is -1.57. The van der Waals surface area contributed by atoms with Gasteiger partial charge in [-0.05, 0) is 32.1 Å². The van der Waals surface area contributed by atoms with Gasteiger partial charge in [-0.15, -0.1) is 0 Å². The van der Waals surface area contributed by atoms with Crippen LogP contribution in [0.1, 0.15) is 13.8 Å². The van der Waals surface area contributed by atoms with Gasteiger partial charge in [-0.1, -0.05) is 18.2 Å². The summed E-state index contributed by atoms with van der Waals surface area (Å²) >= 11 is 0. The second-order valence-electron chi connectivity index (χ2n) is 3.18. The van der Waals surface area contributed by atoms with Gasteiger partial charge in [0.25, 0.3) is 0 Å². The smallest absolute Gasteiger partial charge is 0.0381 e. The van der Waals surface area contributed by atoms with Crippen molar-refractivity contribution in [3.8, 4) is 0 Å². The molecular formula is C12H16N2. The monoisotopic (exact) mass is 188 g/mol. The normalized spacial score (nSPS) is 12.8. The molecule has 1 aromatic carbocycles. The highest BCUT2D eigenvalue weighted by Crippen LogP contribution is 2.08. The van der Waals surface area contributed by atoms with Gasteiger partial charge < -0.3 is 5.32 Å². The maximum atomic E-state index is 4.07. The summed E-state index contributed by atoms with van der Waals surface area (Å²) in [6.07, 6.45) is 2.02. The van der Waals surface area contributed by atoms with Crippen molar-refractivity contribution in [3.63, 3.8) is 0 Å². The van der Waals surface area contributed by atoms with Crippen LogP contribution in [0.15, 0.2) is 47.1 Å². The fourth-order valence-corrected chi connectivity index (χ4v) is 1.16. The van der Waals surface area contributed by atoms with Crippen molar-refractivity contribution in [2.45, 2.75) is 13.8 Å². The molecule has 2 nitrogen and oxygen atoms in total. The molecule has 0 aliphatic rings. The zero-order valence-electron chi connectivity index (χ0n) is 8.91. The predicted molar refractivity (Wildman–Crippen MR) is 62.9 cm³/mol. The maximum absolute atomic E-state index is 4.07. The maximum Gasteiger partial charge on any atom is 0.0381 e. The first-order valence-electron chi connectivity index (χ1n) is 4.66. The summed E-state index contributed by atoms with van der Waals surface area (Å²) in [6, 6.07) is 10.1. The van der Waals surface area contributed by atoms with Crippen LogP contribution in [-0.4, -0.2) is 12.8 Å². The highest BCUT2D eigenvalue weighted by atomic mass is 14.9. The van der Waals surface area contributed by atoms with Crippen molar-refractivity contribution < 1.29 is 0 Å². The quantitative estimate of drug-likeness (QED) is 0.724. The Bertz CT molecular complexity index is 337. The van der Waals surface area contributed by atoms with Crippen molar-refractivity contribution in [2.24, 2.45) is 4.99 Å². The van der Waals surface area contributed by atoms with E-state index in [4.69, 9.17) is 0 Å². The van der Waals surface area contributed by atoms with Gasteiger partial charge >= 0.3 is 0 Å². The number of para-hydroxylation sites is 1. The van der Waals surface area contributed by atoms with Crippen LogP contribution >= 0.6 is 0 Å². The van der Waals surface area contributed by atoms with Crippen LogP contribution in [0.4, 0.5) is 5.69 Å². The van der Waals surface area contributed by atoms with Crippen LogP contribution in [0.2, 0.25) is 0 Å². The van der Waals surface area contributed by atoms with Crippen LogP contribution in [0.3, 0.4) is 0 Å². The zero-order chi connectivity index (χ0) is 10.4. The molecule has 0 aliphatic heterocycles. The number of benzene rings is 1. The zero-order valence-corrected chi connectivity index (χ0v) is 8.91. The Labute approximate surface area is 85.4 Å². The molecule has 0 bridgehead atoms. The first-order valence-corrected chi connectivity index (χ1v) is 4.66. The van der Waals surface area contributed by atoms with Gasteiger partial charge in [0, 0.05) is 24.1 Å². The number of aliphatic imine (C=N–C) groups is 1. The molecule has 0 atom stereocenters. The van der Waals surface area contributed by atoms with Crippen molar-refractivity contribution in [1.29, 1.82) is 0 Å². The highest BCUT2D eigenvalue weighted by Gasteiger charge is 1.91. The summed E-state index contributed by atoms with van der Waals surface area (Å²) in [7, 11) is 1.79. The van der Waals surface area contributed by atoms with Gasteiger partial charge in [0.1, 0.15) is 0 Å². The van der Waals surface area contributed by atoms with Crippen LogP contribution in [-0.2, 0) is 0 Å². The lowest BCUT2D eigenvalue weighted by molar-refractivity contribution is 1.36. The molecule has 1 rings (SSSR count). The topological polar surface area (TPSA) is 24.4 Å². The minimum atomic E-state index is 1.02. The third-order valence-corrected chi connectivity index (χ3v) is 1.89. The molecule has 74 valence electrons. The van der Waals surface area contributed by atoms with E-state index in [0.717, 1.165) is 17.1 Å². The van der Waals surface area contributed by atoms with Crippen LogP contribution in [0, 0.1) is 0 Å². The molecule has 1 aromatic rings. The number of anilines is 1. The lowest BCUT2D eigenvalue weighted by Gasteiger charge is -2.05. The Morgan fingerprint density at radius 2 is 1.86 bits per heavy atom. The Balaban J connectivity index is 2.66. The van der Waals surface area contributed by atoms with E-state index in [9.17, 15) is 0 Å². The predicted octanol–water partition coefficient (Wildman–Crippen LogP) is 3.09. The molecule has 0 saturated heterocycles. The molecule has 0 aromatic heterocycles. The number of hydrogen-bond donors (Lipinski definition) is 1. The van der Waals surface area contributed by atoms with E-state index in [1.165, 1.54) is 0 Å². The minimum Gasteiger partial charge on any atom is -0.359 e. The number of nitrogens with one attached hydrogen (secondary N) is 1. The molecule has 0 spiro atoms. The highest BCUT2D eigenvalue weighted by molar-refractivity contribution is 5.93. The molecule has 0 radical (unpaired) electrons. The van der Waals surface area contributed by atoms with Gasteiger partial charge in [-0.3, -0.25) is 4.99 Å². The first-order chi connectivity index (χ1) is 6.72. The largest absolute Gasteiger partial charge is 0.359 e. The minimum absolute atomic E-state index is 1.02. The average molecular weight is 188 g/mol. The van der Waals surface area contributed by atoms with Gasteiger partial charge in [0.05, 0.1) is 0 Å². The molecule has 1 N–H and O–H groups in total. The van der Waals surface area contributed by atoms with Crippen LogP contribution < -0.4 is 5.32 Å². The van der Waals surface area contributed by atoms with Crippen molar-refractivity contribution in [1.82, 2.24) is 0 Å². The third-order valence-electron chi connectivity index (χ3n) is 1.89. The molecule has 2 heteroatoms. The average Bonchev–Trinajstić information content (AvgIpc) is 2.19. The van der Waals surface area contributed by atoms with Crippen molar-refractivity contribution in [3.05, 3.63) is 42.1 Å². The Morgan fingerprint density at radius 3 is 2.43 bits per heavy atom. The molecular weight excluding hydrogens is 172 g/mol. The number of rotatable bonds is 3. The first kappa shape index (κ1) is 10.5. The summed E-state index contributed by atoms with van der Waals surface area (Å²) in [5.74, 6) is 0. The summed E-state index contributed by atoms with van der Waals surface area (Å²) in [5.41, 5.74) is 3.22. The SMILES string of the molecule is CN=C(C)C=C(C)Nc1ccccc1. The lowest BCUT2D eigenvalue weighted by atomic mass is 10.3.